The summed E-state index contributed by atoms with van der Waals surface area (Å²) in [4.78, 5) is 27.1. The molecule has 1 aliphatic rings. The zero-order valence-electron chi connectivity index (χ0n) is 13.4. The molecule has 2 aromatic heterocycles. The molecular formula is C17H20N4O2. The van der Waals surface area contributed by atoms with Gasteiger partial charge in [-0.15, -0.1) is 0 Å². The largest absolute Gasteiger partial charge is 0.368 e. The van der Waals surface area contributed by atoms with Crippen molar-refractivity contribution in [3.63, 3.8) is 0 Å². The Labute approximate surface area is 135 Å². The van der Waals surface area contributed by atoms with E-state index in [-0.39, 0.29) is 12.0 Å². The van der Waals surface area contributed by atoms with Gasteiger partial charge < -0.3 is 9.64 Å². The summed E-state index contributed by atoms with van der Waals surface area (Å²) in [5, 5.41) is 0. The van der Waals surface area contributed by atoms with Crippen molar-refractivity contribution in [3.05, 3.63) is 53.4 Å². The lowest BCUT2D eigenvalue weighted by Crippen LogP contribution is -2.43. The normalized spacial score (nSPS) is 18.0. The molecule has 1 atom stereocenters. The third kappa shape index (κ3) is 3.90. The fourth-order valence-electron chi connectivity index (χ4n) is 2.75. The number of carbonyl (C=O) groups excluding carboxylic acids is 1. The van der Waals surface area contributed by atoms with Gasteiger partial charge in [-0.25, -0.2) is 9.97 Å². The fourth-order valence-corrected chi connectivity index (χ4v) is 2.75. The third-order valence-corrected chi connectivity index (χ3v) is 3.81. The molecular weight excluding hydrogens is 292 g/mol. The van der Waals surface area contributed by atoms with Crippen molar-refractivity contribution < 1.29 is 9.53 Å². The topological polar surface area (TPSA) is 68.2 Å². The number of hydrogen-bond acceptors (Lipinski definition) is 5. The number of hydrogen-bond donors (Lipinski definition) is 0. The number of pyridine rings is 1. The molecule has 1 unspecified atom stereocenters. The summed E-state index contributed by atoms with van der Waals surface area (Å²) >= 11 is 0. The van der Waals surface area contributed by atoms with Crippen molar-refractivity contribution in [3.8, 4) is 0 Å². The predicted molar refractivity (Wildman–Crippen MR) is 84.7 cm³/mol. The molecule has 6 nitrogen and oxygen atoms in total. The fraction of sp³-hybridized carbons (Fsp3) is 0.412. The van der Waals surface area contributed by atoms with Crippen LogP contribution in [0.4, 0.5) is 0 Å². The van der Waals surface area contributed by atoms with Gasteiger partial charge in [0.25, 0.3) is 0 Å². The summed E-state index contributed by atoms with van der Waals surface area (Å²) in [6.07, 6.45) is 3.61. The molecule has 1 aliphatic heterocycles. The zero-order chi connectivity index (χ0) is 16.2. The van der Waals surface area contributed by atoms with Gasteiger partial charge in [0.15, 0.2) is 0 Å². The highest BCUT2D eigenvalue weighted by Crippen LogP contribution is 2.21. The summed E-state index contributed by atoms with van der Waals surface area (Å²) in [6, 6.07) is 5.68. The minimum atomic E-state index is -0.193. The van der Waals surface area contributed by atoms with E-state index < -0.39 is 0 Å². The highest BCUT2D eigenvalue weighted by atomic mass is 16.5. The lowest BCUT2D eigenvalue weighted by molar-refractivity contribution is -0.138. The van der Waals surface area contributed by atoms with Gasteiger partial charge in [-0.3, -0.25) is 9.78 Å². The first-order valence-electron chi connectivity index (χ1n) is 7.72. The van der Waals surface area contributed by atoms with E-state index >= 15 is 0 Å². The van der Waals surface area contributed by atoms with E-state index in [1.165, 1.54) is 0 Å². The van der Waals surface area contributed by atoms with Crippen LogP contribution in [0.5, 0.6) is 0 Å². The van der Waals surface area contributed by atoms with Crippen LogP contribution in [-0.4, -0.2) is 45.5 Å². The number of carbonyl (C=O) groups is 1. The van der Waals surface area contributed by atoms with Gasteiger partial charge in [0.05, 0.1) is 25.3 Å². The first kappa shape index (κ1) is 15.6. The van der Waals surface area contributed by atoms with Crippen molar-refractivity contribution >= 4 is 5.91 Å². The highest BCUT2D eigenvalue weighted by molar-refractivity contribution is 5.78. The number of nitrogens with zero attached hydrogens (tertiary/aromatic N) is 4. The predicted octanol–water partition coefficient (Wildman–Crippen LogP) is 1.63. The van der Waals surface area contributed by atoms with Crippen LogP contribution in [-0.2, 0) is 16.0 Å². The van der Waals surface area contributed by atoms with Gasteiger partial charge in [-0.2, -0.15) is 0 Å². The van der Waals surface area contributed by atoms with Gasteiger partial charge in [0.1, 0.15) is 11.9 Å². The van der Waals surface area contributed by atoms with Crippen LogP contribution in [0.15, 0.2) is 30.6 Å². The summed E-state index contributed by atoms with van der Waals surface area (Å²) in [5.41, 5.74) is 2.68. The van der Waals surface area contributed by atoms with Crippen molar-refractivity contribution in [2.75, 3.05) is 19.7 Å². The Morgan fingerprint density at radius 2 is 2.26 bits per heavy atom. The molecule has 1 amide bonds. The number of aromatic nitrogens is 3. The number of rotatable bonds is 3. The Morgan fingerprint density at radius 1 is 1.39 bits per heavy atom. The molecule has 120 valence electrons. The van der Waals surface area contributed by atoms with Crippen molar-refractivity contribution in [1.82, 2.24) is 19.9 Å². The van der Waals surface area contributed by atoms with Crippen LogP contribution in [0.25, 0.3) is 0 Å². The smallest absolute Gasteiger partial charge is 0.227 e. The molecule has 0 saturated carbocycles. The van der Waals surface area contributed by atoms with Crippen LogP contribution in [0, 0.1) is 13.8 Å². The molecule has 0 spiro atoms. The first-order chi connectivity index (χ1) is 11.1. The quantitative estimate of drug-likeness (QED) is 0.861. The standard InChI is InChI=1S/C17H20N4O2/c1-12-8-15(20-13(2)19-12)16-11-21(6-7-23-16)17(22)9-14-4-3-5-18-10-14/h3-5,8,10,16H,6-7,9,11H2,1-2H3. The lowest BCUT2D eigenvalue weighted by atomic mass is 10.1. The second-order valence-electron chi connectivity index (χ2n) is 5.72. The van der Waals surface area contributed by atoms with E-state index in [1.807, 2.05) is 36.9 Å². The van der Waals surface area contributed by atoms with E-state index in [1.54, 1.807) is 12.4 Å². The van der Waals surface area contributed by atoms with Crippen LogP contribution in [0.2, 0.25) is 0 Å². The van der Waals surface area contributed by atoms with Crippen molar-refractivity contribution in [2.24, 2.45) is 0 Å². The molecule has 2 aromatic rings. The van der Waals surface area contributed by atoms with Crippen molar-refractivity contribution in [1.29, 1.82) is 0 Å². The van der Waals surface area contributed by atoms with E-state index in [2.05, 4.69) is 15.0 Å². The van der Waals surface area contributed by atoms with Crippen LogP contribution >= 0.6 is 0 Å². The summed E-state index contributed by atoms with van der Waals surface area (Å²) in [7, 11) is 0. The minimum absolute atomic E-state index is 0.0915. The molecule has 0 radical (unpaired) electrons. The minimum Gasteiger partial charge on any atom is -0.368 e. The second kappa shape index (κ2) is 6.83. The Morgan fingerprint density at radius 3 is 3.00 bits per heavy atom. The van der Waals surface area contributed by atoms with Gasteiger partial charge in [-0.1, -0.05) is 6.07 Å². The highest BCUT2D eigenvalue weighted by Gasteiger charge is 2.26. The summed E-state index contributed by atoms with van der Waals surface area (Å²) < 4.78 is 5.81. The average molecular weight is 312 g/mol. The Balaban J connectivity index is 1.69. The lowest BCUT2D eigenvalue weighted by Gasteiger charge is -2.33. The van der Waals surface area contributed by atoms with Gasteiger partial charge in [-0.05, 0) is 31.5 Å². The monoisotopic (exact) mass is 312 g/mol. The van der Waals surface area contributed by atoms with E-state index in [4.69, 9.17) is 4.74 Å². The maximum Gasteiger partial charge on any atom is 0.227 e. The molecule has 0 aromatic carbocycles. The Hall–Kier alpha value is -2.34. The van der Waals surface area contributed by atoms with Gasteiger partial charge >= 0.3 is 0 Å². The number of amides is 1. The molecule has 0 bridgehead atoms. The van der Waals surface area contributed by atoms with E-state index in [0.717, 1.165) is 22.8 Å². The van der Waals surface area contributed by atoms with Gasteiger partial charge in [0, 0.05) is 24.6 Å². The number of aryl methyl sites for hydroxylation is 2. The second-order valence-corrected chi connectivity index (χ2v) is 5.72. The van der Waals surface area contributed by atoms with Crippen LogP contribution in [0.3, 0.4) is 0 Å². The number of ether oxygens (including phenoxy) is 1. The summed E-state index contributed by atoms with van der Waals surface area (Å²) in [5.74, 6) is 0.816. The molecule has 6 heteroatoms. The molecule has 3 heterocycles. The molecule has 1 fully saturated rings. The van der Waals surface area contributed by atoms with E-state index in [9.17, 15) is 4.79 Å². The average Bonchev–Trinajstić information content (AvgIpc) is 2.55. The Bertz CT molecular complexity index is 670. The molecule has 0 N–H and O–H groups in total. The molecule has 3 rings (SSSR count). The Kier molecular flexibility index (Phi) is 4.62. The maximum absolute atomic E-state index is 12.5. The van der Waals surface area contributed by atoms with Crippen LogP contribution < -0.4 is 0 Å². The van der Waals surface area contributed by atoms with Crippen LogP contribution in [0.1, 0.15) is 28.9 Å². The zero-order valence-corrected chi connectivity index (χ0v) is 13.4. The van der Waals surface area contributed by atoms with E-state index in [0.29, 0.717) is 26.1 Å². The number of morpholine rings is 1. The molecule has 1 saturated heterocycles. The SMILES string of the molecule is Cc1cc(C2CN(C(=O)Cc3cccnc3)CCO2)nc(C)n1. The summed E-state index contributed by atoms with van der Waals surface area (Å²) in [6.45, 7) is 5.45. The third-order valence-electron chi connectivity index (χ3n) is 3.81. The molecule has 23 heavy (non-hydrogen) atoms. The molecule has 0 aliphatic carbocycles. The van der Waals surface area contributed by atoms with Gasteiger partial charge in [0.2, 0.25) is 5.91 Å². The first-order valence-corrected chi connectivity index (χ1v) is 7.72. The van der Waals surface area contributed by atoms with Crippen molar-refractivity contribution in [2.45, 2.75) is 26.4 Å². The maximum atomic E-state index is 12.5.